The number of carbonyl (C=O) groups is 2. The number of H-pyrrole nitrogens is 1. The van der Waals surface area contributed by atoms with E-state index in [4.69, 9.17) is 5.11 Å². The fourth-order valence-electron chi connectivity index (χ4n) is 2.14. The maximum absolute atomic E-state index is 12.5. The molecule has 1 atom stereocenters. The third kappa shape index (κ3) is 3.36. The predicted octanol–water partition coefficient (Wildman–Crippen LogP) is 2.54. The van der Waals surface area contributed by atoms with Crippen LogP contribution in [0.2, 0.25) is 0 Å². The Kier molecular flexibility index (Phi) is 5.68. The molecule has 0 aliphatic heterocycles. The highest BCUT2D eigenvalue weighted by Gasteiger charge is 2.25. The molecule has 0 saturated carbocycles. The lowest BCUT2D eigenvalue weighted by Crippen LogP contribution is -2.36. The van der Waals surface area contributed by atoms with Gasteiger partial charge in [0.1, 0.15) is 5.69 Å². The molecule has 1 unspecified atom stereocenters. The Hall–Kier alpha value is -1.43. The highest BCUT2D eigenvalue weighted by Crippen LogP contribution is 2.21. The summed E-state index contributed by atoms with van der Waals surface area (Å²) in [5, 5.41) is 9.09. The number of carboxylic acid groups (broad SMARTS) is 1. The van der Waals surface area contributed by atoms with Crippen LogP contribution in [0.5, 0.6) is 0 Å². The summed E-state index contributed by atoms with van der Waals surface area (Å²) in [5.41, 5.74) is 1.68. The van der Waals surface area contributed by atoms with Crippen molar-refractivity contribution in [2.24, 2.45) is 0 Å². The van der Waals surface area contributed by atoms with Gasteiger partial charge in [0, 0.05) is 18.8 Å². The van der Waals surface area contributed by atoms with Crippen LogP contribution in [0.3, 0.4) is 0 Å². The number of thioether (sulfide) groups is 1. The average Bonchev–Trinajstić information content (AvgIpc) is 2.69. The molecule has 0 spiro atoms. The molecule has 1 aromatic heterocycles. The Morgan fingerprint density at radius 3 is 2.45 bits per heavy atom. The van der Waals surface area contributed by atoms with Crippen LogP contribution in [0.4, 0.5) is 0 Å². The topological polar surface area (TPSA) is 73.4 Å². The summed E-state index contributed by atoms with van der Waals surface area (Å²) >= 11 is 1.75. The standard InChI is InChI=1S/C14H22N2O3S/c1-8(6-7-20-5)16(4)13(17)11-9(2)12(14(18)19)15-10(11)3/h8,15H,6-7H2,1-5H3,(H,18,19). The zero-order valence-electron chi connectivity index (χ0n) is 12.6. The molecule has 112 valence electrons. The molecule has 1 heterocycles. The number of aromatic nitrogens is 1. The van der Waals surface area contributed by atoms with Crippen LogP contribution >= 0.6 is 11.8 Å². The first-order chi connectivity index (χ1) is 9.31. The molecule has 1 amide bonds. The maximum Gasteiger partial charge on any atom is 0.352 e. The Balaban J connectivity index is 3.00. The van der Waals surface area contributed by atoms with Crippen LogP contribution in [0.1, 0.15) is 45.4 Å². The quantitative estimate of drug-likeness (QED) is 0.846. The fourth-order valence-corrected chi connectivity index (χ4v) is 2.72. The molecular formula is C14H22N2O3S. The number of carbonyl (C=O) groups excluding carboxylic acids is 1. The summed E-state index contributed by atoms with van der Waals surface area (Å²) in [7, 11) is 1.76. The van der Waals surface area contributed by atoms with Crippen molar-refractivity contribution in [2.75, 3.05) is 19.1 Å². The number of amides is 1. The van der Waals surface area contributed by atoms with Crippen LogP contribution in [-0.2, 0) is 0 Å². The monoisotopic (exact) mass is 298 g/mol. The van der Waals surface area contributed by atoms with Crippen molar-refractivity contribution in [2.45, 2.75) is 33.2 Å². The first kappa shape index (κ1) is 16.6. The molecule has 0 radical (unpaired) electrons. The summed E-state index contributed by atoms with van der Waals surface area (Å²) in [6.45, 7) is 5.40. The minimum Gasteiger partial charge on any atom is -0.477 e. The first-order valence-electron chi connectivity index (χ1n) is 6.49. The molecule has 6 heteroatoms. The molecule has 20 heavy (non-hydrogen) atoms. The Morgan fingerprint density at radius 2 is 2.00 bits per heavy atom. The van der Waals surface area contributed by atoms with Crippen molar-refractivity contribution < 1.29 is 14.7 Å². The lowest BCUT2D eigenvalue weighted by atomic mass is 10.1. The Labute approximate surface area is 123 Å². The van der Waals surface area contributed by atoms with Gasteiger partial charge < -0.3 is 15.0 Å². The SMILES string of the molecule is CSCCC(C)N(C)C(=O)c1c(C)[nH]c(C(=O)O)c1C. The van der Waals surface area contributed by atoms with E-state index in [0.717, 1.165) is 12.2 Å². The molecule has 0 aliphatic carbocycles. The second-order valence-corrected chi connectivity index (χ2v) is 5.96. The van der Waals surface area contributed by atoms with Gasteiger partial charge in [-0.2, -0.15) is 11.8 Å². The number of rotatable bonds is 6. The zero-order chi connectivity index (χ0) is 15.4. The molecule has 1 rings (SSSR count). The van der Waals surface area contributed by atoms with E-state index in [0.29, 0.717) is 16.8 Å². The highest BCUT2D eigenvalue weighted by molar-refractivity contribution is 7.98. The largest absolute Gasteiger partial charge is 0.477 e. The van der Waals surface area contributed by atoms with Crippen molar-refractivity contribution in [3.05, 3.63) is 22.5 Å². The van der Waals surface area contributed by atoms with Gasteiger partial charge in [-0.1, -0.05) is 0 Å². The summed E-state index contributed by atoms with van der Waals surface area (Å²) in [5.74, 6) is -0.176. The van der Waals surface area contributed by atoms with Crippen molar-refractivity contribution in [3.8, 4) is 0 Å². The number of carboxylic acids is 1. The first-order valence-corrected chi connectivity index (χ1v) is 7.89. The van der Waals surface area contributed by atoms with Gasteiger partial charge in [-0.05, 0) is 44.8 Å². The number of hydrogen-bond donors (Lipinski definition) is 2. The van der Waals surface area contributed by atoms with Crippen molar-refractivity contribution in [3.63, 3.8) is 0 Å². The summed E-state index contributed by atoms with van der Waals surface area (Å²) < 4.78 is 0. The number of nitrogens with one attached hydrogen (secondary N) is 1. The lowest BCUT2D eigenvalue weighted by Gasteiger charge is -2.25. The van der Waals surface area contributed by atoms with E-state index in [-0.39, 0.29) is 17.6 Å². The summed E-state index contributed by atoms with van der Waals surface area (Å²) in [4.78, 5) is 28.1. The van der Waals surface area contributed by atoms with E-state index >= 15 is 0 Å². The van der Waals surface area contributed by atoms with Crippen molar-refractivity contribution >= 4 is 23.6 Å². The minimum atomic E-state index is -1.04. The van der Waals surface area contributed by atoms with E-state index in [2.05, 4.69) is 4.98 Å². The van der Waals surface area contributed by atoms with Gasteiger partial charge in [0.15, 0.2) is 0 Å². The predicted molar refractivity (Wildman–Crippen MR) is 81.8 cm³/mol. The van der Waals surface area contributed by atoms with E-state index in [9.17, 15) is 9.59 Å². The molecule has 2 N–H and O–H groups in total. The third-order valence-corrected chi connectivity index (χ3v) is 4.23. The molecule has 0 aliphatic rings. The maximum atomic E-state index is 12.5. The van der Waals surface area contributed by atoms with E-state index in [1.807, 2.05) is 13.2 Å². The van der Waals surface area contributed by atoms with Gasteiger partial charge in [0.2, 0.25) is 0 Å². The molecule has 0 fully saturated rings. The normalized spacial score (nSPS) is 12.2. The van der Waals surface area contributed by atoms with E-state index < -0.39 is 5.97 Å². The fraction of sp³-hybridized carbons (Fsp3) is 0.571. The summed E-state index contributed by atoms with van der Waals surface area (Å²) in [6.07, 6.45) is 2.95. The summed E-state index contributed by atoms with van der Waals surface area (Å²) in [6, 6.07) is 0.122. The zero-order valence-corrected chi connectivity index (χ0v) is 13.4. The minimum absolute atomic E-state index is 0.0935. The number of aryl methyl sites for hydroxylation is 1. The van der Waals surface area contributed by atoms with Gasteiger partial charge in [-0.15, -0.1) is 0 Å². The third-order valence-electron chi connectivity index (χ3n) is 3.59. The highest BCUT2D eigenvalue weighted by atomic mass is 32.2. The van der Waals surface area contributed by atoms with Crippen LogP contribution < -0.4 is 0 Å². The van der Waals surface area contributed by atoms with Gasteiger partial charge in [-0.25, -0.2) is 4.79 Å². The van der Waals surface area contributed by atoms with Gasteiger partial charge in [0.05, 0.1) is 5.56 Å². The second kappa shape index (κ2) is 6.83. The van der Waals surface area contributed by atoms with Crippen LogP contribution in [0, 0.1) is 13.8 Å². The molecule has 5 nitrogen and oxygen atoms in total. The second-order valence-electron chi connectivity index (χ2n) is 4.98. The van der Waals surface area contributed by atoms with E-state index in [1.54, 1.807) is 37.6 Å². The van der Waals surface area contributed by atoms with Crippen molar-refractivity contribution in [1.82, 2.24) is 9.88 Å². The Bertz CT molecular complexity index is 511. The number of aromatic amines is 1. The average molecular weight is 298 g/mol. The number of hydrogen-bond acceptors (Lipinski definition) is 3. The van der Waals surface area contributed by atoms with Gasteiger partial charge in [-0.3, -0.25) is 4.79 Å². The molecule has 0 bridgehead atoms. The van der Waals surface area contributed by atoms with Gasteiger partial charge >= 0.3 is 5.97 Å². The Morgan fingerprint density at radius 1 is 1.40 bits per heavy atom. The number of nitrogens with zero attached hydrogens (tertiary/aromatic N) is 1. The van der Waals surface area contributed by atoms with Crippen LogP contribution in [0.15, 0.2) is 0 Å². The molecular weight excluding hydrogens is 276 g/mol. The molecule has 1 aromatic rings. The molecule has 0 aromatic carbocycles. The van der Waals surface area contributed by atoms with Crippen molar-refractivity contribution in [1.29, 1.82) is 0 Å². The van der Waals surface area contributed by atoms with Gasteiger partial charge in [0.25, 0.3) is 5.91 Å². The van der Waals surface area contributed by atoms with E-state index in [1.165, 1.54) is 0 Å². The molecule has 0 saturated heterocycles. The van der Waals surface area contributed by atoms with Crippen LogP contribution in [0.25, 0.3) is 0 Å². The number of aromatic carboxylic acids is 1. The lowest BCUT2D eigenvalue weighted by molar-refractivity contribution is 0.0690. The smallest absolute Gasteiger partial charge is 0.352 e. The van der Waals surface area contributed by atoms with Crippen LogP contribution in [-0.4, -0.2) is 52.0 Å².